The van der Waals surface area contributed by atoms with Gasteiger partial charge in [0.2, 0.25) is 0 Å². The van der Waals surface area contributed by atoms with Crippen molar-refractivity contribution in [2.75, 3.05) is 11.5 Å². The van der Waals surface area contributed by atoms with E-state index in [9.17, 15) is 18.0 Å². The second-order valence-electron chi connectivity index (χ2n) is 4.59. The van der Waals surface area contributed by atoms with Crippen molar-refractivity contribution in [2.24, 2.45) is 0 Å². The number of hydrogen-bond donors (Lipinski definition) is 0. The van der Waals surface area contributed by atoms with E-state index in [2.05, 4.69) is 0 Å². The van der Waals surface area contributed by atoms with Crippen LogP contribution in [0, 0.1) is 17.5 Å². The lowest BCUT2D eigenvalue weighted by molar-refractivity contribution is -0.120. The third kappa shape index (κ3) is 2.44. The van der Waals surface area contributed by atoms with Crippen molar-refractivity contribution < 1.29 is 22.7 Å². The van der Waals surface area contributed by atoms with E-state index in [4.69, 9.17) is 4.74 Å². The van der Waals surface area contributed by atoms with Gasteiger partial charge in [-0.3, -0.25) is 4.79 Å². The van der Waals surface area contributed by atoms with Gasteiger partial charge in [-0.2, -0.15) is 0 Å². The van der Waals surface area contributed by atoms with E-state index in [1.165, 1.54) is 0 Å². The highest BCUT2D eigenvalue weighted by Crippen LogP contribution is 2.29. The topological polar surface area (TPSA) is 29.5 Å². The van der Waals surface area contributed by atoms with Crippen molar-refractivity contribution in [3.8, 4) is 5.75 Å². The summed E-state index contributed by atoms with van der Waals surface area (Å²) in [5.41, 5.74) is 0.353. The Morgan fingerprint density at radius 1 is 1.00 bits per heavy atom. The van der Waals surface area contributed by atoms with Gasteiger partial charge in [-0.25, -0.2) is 13.2 Å². The van der Waals surface area contributed by atoms with Gasteiger partial charge in [0.15, 0.2) is 18.2 Å². The van der Waals surface area contributed by atoms with Gasteiger partial charge in [0.05, 0.1) is 12.2 Å². The predicted octanol–water partition coefficient (Wildman–Crippen LogP) is 3.03. The molecule has 0 aromatic heterocycles. The molecule has 0 bridgehead atoms. The maximum atomic E-state index is 13.9. The summed E-state index contributed by atoms with van der Waals surface area (Å²) in [6.07, 6.45) is 0. The van der Waals surface area contributed by atoms with Gasteiger partial charge in [-0.15, -0.1) is 0 Å². The minimum Gasteiger partial charge on any atom is -0.483 e. The van der Waals surface area contributed by atoms with Crippen molar-refractivity contribution >= 4 is 11.6 Å². The number of carbonyl (C=O) groups excluding carboxylic acids is 1. The summed E-state index contributed by atoms with van der Waals surface area (Å²) in [5, 5.41) is 0. The lowest BCUT2D eigenvalue weighted by Crippen LogP contribution is -2.33. The Kier molecular flexibility index (Phi) is 3.29. The predicted molar refractivity (Wildman–Crippen MR) is 69.4 cm³/mol. The molecule has 0 spiro atoms. The number of carbonyl (C=O) groups is 1. The summed E-state index contributed by atoms with van der Waals surface area (Å²) in [6.45, 7) is -0.271. The number of halogens is 3. The molecule has 2 aromatic rings. The molecule has 6 heteroatoms. The van der Waals surface area contributed by atoms with Crippen LogP contribution >= 0.6 is 0 Å². The molecule has 0 N–H and O–H groups in total. The van der Waals surface area contributed by atoms with Crippen LogP contribution in [0.5, 0.6) is 5.75 Å². The molecule has 21 heavy (non-hydrogen) atoms. The fourth-order valence-corrected chi connectivity index (χ4v) is 2.19. The van der Waals surface area contributed by atoms with E-state index in [1.54, 1.807) is 24.3 Å². The van der Waals surface area contributed by atoms with Crippen molar-refractivity contribution in [1.82, 2.24) is 0 Å². The first kappa shape index (κ1) is 13.5. The first-order valence-corrected chi connectivity index (χ1v) is 6.22. The number of fused-ring (bicyclic) bond motifs is 1. The van der Waals surface area contributed by atoms with Gasteiger partial charge in [0.1, 0.15) is 11.6 Å². The number of benzene rings is 2. The van der Waals surface area contributed by atoms with Crippen LogP contribution < -0.4 is 9.64 Å². The van der Waals surface area contributed by atoms with E-state index in [0.29, 0.717) is 23.4 Å². The van der Waals surface area contributed by atoms with Crippen LogP contribution in [0.4, 0.5) is 18.9 Å². The van der Waals surface area contributed by atoms with Crippen LogP contribution in [0.2, 0.25) is 0 Å². The van der Waals surface area contributed by atoms with Crippen molar-refractivity contribution in [1.29, 1.82) is 0 Å². The number of para-hydroxylation sites is 1. The van der Waals surface area contributed by atoms with Crippen molar-refractivity contribution in [3.63, 3.8) is 0 Å². The maximum absolute atomic E-state index is 13.9. The molecule has 108 valence electrons. The molecule has 0 fully saturated rings. The summed E-state index contributed by atoms with van der Waals surface area (Å²) in [7, 11) is 0. The number of nitrogens with zero attached hydrogens (tertiary/aromatic N) is 1. The molecule has 0 radical (unpaired) electrons. The zero-order valence-electron chi connectivity index (χ0n) is 10.8. The second-order valence-corrected chi connectivity index (χ2v) is 4.59. The summed E-state index contributed by atoms with van der Waals surface area (Å²) in [5.74, 6) is -3.53. The minimum atomic E-state index is -1.30. The van der Waals surface area contributed by atoms with Crippen LogP contribution in [0.25, 0.3) is 0 Å². The Morgan fingerprint density at radius 3 is 2.52 bits per heavy atom. The summed E-state index contributed by atoms with van der Waals surface area (Å²) < 4.78 is 45.5. The molecule has 0 unspecified atom stereocenters. The number of ether oxygens (including phenoxy) is 1. The lowest BCUT2D eigenvalue weighted by Gasteiger charge is -2.20. The molecule has 1 aliphatic heterocycles. The molecule has 1 heterocycles. The SMILES string of the molecule is O=C1COc2ccccc2CN1c1cc(F)c(F)cc1F. The smallest absolute Gasteiger partial charge is 0.265 e. The van der Waals surface area contributed by atoms with Gasteiger partial charge in [-0.1, -0.05) is 18.2 Å². The van der Waals surface area contributed by atoms with Gasteiger partial charge in [0.25, 0.3) is 5.91 Å². The first-order valence-electron chi connectivity index (χ1n) is 6.22. The molecule has 0 atom stereocenters. The quantitative estimate of drug-likeness (QED) is 0.756. The highest BCUT2D eigenvalue weighted by Gasteiger charge is 2.26. The Labute approximate surface area is 118 Å². The van der Waals surface area contributed by atoms with Gasteiger partial charge in [0, 0.05) is 17.7 Å². The summed E-state index contributed by atoms with van der Waals surface area (Å²) in [6, 6.07) is 8.01. The lowest BCUT2D eigenvalue weighted by atomic mass is 10.1. The van der Waals surface area contributed by atoms with E-state index in [-0.39, 0.29) is 18.8 Å². The maximum Gasteiger partial charge on any atom is 0.265 e. The van der Waals surface area contributed by atoms with E-state index in [0.717, 1.165) is 4.90 Å². The molecule has 0 saturated heterocycles. The normalized spacial score (nSPS) is 14.4. The van der Waals surface area contributed by atoms with E-state index >= 15 is 0 Å². The van der Waals surface area contributed by atoms with E-state index in [1.807, 2.05) is 0 Å². The van der Waals surface area contributed by atoms with Gasteiger partial charge < -0.3 is 9.64 Å². The molecule has 3 rings (SSSR count). The monoisotopic (exact) mass is 293 g/mol. The largest absolute Gasteiger partial charge is 0.483 e. The van der Waals surface area contributed by atoms with Crippen LogP contribution in [0.3, 0.4) is 0 Å². The highest BCUT2D eigenvalue weighted by atomic mass is 19.2. The Balaban J connectivity index is 2.05. The molecule has 1 aliphatic rings. The van der Waals surface area contributed by atoms with Crippen LogP contribution in [0.15, 0.2) is 36.4 Å². The van der Waals surface area contributed by atoms with Crippen LogP contribution in [-0.4, -0.2) is 12.5 Å². The average Bonchev–Trinajstić information content (AvgIpc) is 2.63. The van der Waals surface area contributed by atoms with Crippen LogP contribution in [0.1, 0.15) is 5.56 Å². The van der Waals surface area contributed by atoms with Crippen molar-refractivity contribution in [2.45, 2.75) is 6.54 Å². The zero-order valence-corrected chi connectivity index (χ0v) is 10.8. The Bertz CT molecular complexity index is 718. The second kappa shape index (κ2) is 5.12. The zero-order chi connectivity index (χ0) is 15.0. The molecule has 0 aliphatic carbocycles. The molecule has 3 nitrogen and oxygen atoms in total. The Morgan fingerprint density at radius 2 is 1.71 bits per heavy atom. The molecular weight excluding hydrogens is 283 g/mol. The Hall–Kier alpha value is -2.50. The van der Waals surface area contributed by atoms with Crippen molar-refractivity contribution in [3.05, 3.63) is 59.4 Å². The summed E-state index contributed by atoms with van der Waals surface area (Å²) >= 11 is 0. The molecular formula is C15H10F3NO2. The minimum absolute atomic E-state index is 0.0248. The highest BCUT2D eigenvalue weighted by molar-refractivity contribution is 5.95. The van der Waals surface area contributed by atoms with Crippen LogP contribution in [-0.2, 0) is 11.3 Å². The number of amides is 1. The standard InChI is InChI=1S/C15H10F3NO2/c16-10-5-12(18)13(6-11(10)17)19-7-9-3-1-2-4-14(9)21-8-15(19)20/h1-6H,7-8H2. The molecule has 2 aromatic carbocycles. The number of anilines is 1. The van der Waals surface area contributed by atoms with Gasteiger partial charge in [-0.05, 0) is 6.07 Å². The van der Waals surface area contributed by atoms with E-state index < -0.39 is 23.4 Å². The fraction of sp³-hybridized carbons (Fsp3) is 0.133. The third-order valence-corrected chi connectivity index (χ3v) is 3.23. The average molecular weight is 293 g/mol. The first-order chi connectivity index (χ1) is 10.1. The summed E-state index contributed by atoms with van der Waals surface area (Å²) in [4.78, 5) is 13.1. The fourth-order valence-electron chi connectivity index (χ4n) is 2.19. The number of hydrogen-bond acceptors (Lipinski definition) is 2. The van der Waals surface area contributed by atoms with Gasteiger partial charge >= 0.3 is 0 Å². The molecule has 1 amide bonds. The molecule has 0 saturated carbocycles. The third-order valence-electron chi connectivity index (χ3n) is 3.23. The number of rotatable bonds is 1.